The van der Waals surface area contributed by atoms with Crippen LogP contribution in [0.4, 0.5) is 28.8 Å². The minimum atomic E-state index is -0.481. The number of nitrogens with two attached hydrogens (primary N) is 1. The van der Waals surface area contributed by atoms with Gasteiger partial charge in [-0.15, -0.1) is 0 Å². The average Bonchev–Trinajstić information content (AvgIpc) is 0.801. The number of anilines is 5. The molecule has 0 aliphatic carbocycles. The Balaban J connectivity index is 0.000000179. The number of carbonyl (C=O) groups excluding carboxylic acids is 4. The van der Waals surface area contributed by atoms with E-state index in [1.54, 1.807) is 98.3 Å². The SMILES string of the molecule is CC.COc1ccc(CN2CCn3c(ccc(Cl)c3=O)C2=O)cc1.COc1ccc(CN2CCn3c(ccc(Nc4ccncn4)c3=O)C2=O)cc1.COc1ccc(CNCCO)cc1.Nc1ccncn1.O=C1NCCn2c1ccc(Nc1ccncn1)c2=O.O=COc1ccc(Cl)c(=O)[nH]1. The molecule has 102 heavy (non-hydrogen) atoms. The quantitative estimate of drug-likeness (QED) is 0.0365. The number of rotatable bonds is 17. The highest BCUT2D eigenvalue weighted by Gasteiger charge is 2.28. The number of hydrogen-bond acceptors (Lipinski definition) is 23. The molecule has 10 heterocycles. The number of methoxy groups -OCH3 is 3. The summed E-state index contributed by atoms with van der Waals surface area (Å²) in [5, 5.41) is 20.4. The largest absolute Gasteiger partial charge is 0.497 e. The van der Waals surface area contributed by atoms with Crippen LogP contribution in [0.3, 0.4) is 0 Å². The van der Waals surface area contributed by atoms with Crippen LogP contribution in [-0.2, 0) is 44.1 Å². The van der Waals surface area contributed by atoms with Crippen molar-refractivity contribution in [2.24, 2.45) is 0 Å². The normalized spacial score (nSPS) is 12.1. The number of amides is 3. The maximum Gasteiger partial charge on any atom is 0.299 e. The van der Waals surface area contributed by atoms with Crippen LogP contribution in [0.1, 0.15) is 62.0 Å². The second kappa shape index (κ2) is 40.1. The van der Waals surface area contributed by atoms with Crippen LogP contribution in [0.15, 0.2) is 196 Å². The minimum absolute atomic E-state index is 0.0586. The van der Waals surface area contributed by atoms with Gasteiger partial charge in [-0.05, 0) is 114 Å². The molecule has 0 atom stereocenters. The van der Waals surface area contributed by atoms with Crippen molar-refractivity contribution in [3.8, 4) is 23.1 Å². The molecule has 3 aromatic carbocycles. The van der Waals surface area contributed by atoms with Gasteiger partial charge in [0.15, 0.2) is 0 Å². The first-order valence-electron chi connectivity index (χ1n) is 31.5. The molecule has 0 saturated carbocycles. The van der Waals surface area contributed by atoms with Gasteiger partial charge in [0.25, 0.3) is 46.4 Å². The maximum absolute atomic E-state index is 12.9. The highest BCUT2D eigenvalue weighted by molar-refractivity contribution is 6.30. The second-order valence-electron chi connectivity index (χ2n) is 21.1. The number of aromatic amines is 1. The van der Waals surface area contributed by atoms with E-state index in [0.29, 0.717) is 105 Å². The predicted octanol–water partition coefficient (Wildman–Crippen LogP) is 6.76. The Kier molecular flexibility index (Phi) is 30.3. The van der Waals surface area contributed by atoms with E-state index < -0.39 is 5.56 Å². The molecule has 8 N–H and O–H groups in total. The lowest BCUT2D eigenvalue weighted by molar-refractivity contribution is -0.121. The number of hydrogen-bond donors (Lipinski definition) is 7. The lowest BCUT2D eigenvalue weighted by Crippen LogP contribution is -2.44. The number of aromatic nitrogens is 10. The van der Waals surface area contributed by atoms with Crippen LogP contribution in [0.25, 0.3) is 0 Å². The van der Waals surface area contributed by atoms with Gasteiger partial charge in [0.2, 0.25) is 5.88 Å². The number of halogens is 2. The van der Waals surface area contributed by atoms with Crippen LogP contribution in [0.2, 0.25) is 10.0 Å². The zero-order valence-electron chi connectivity index (χ0n) is 56.2. The predicted molar refractivity (Wildman–Crippen MR) is 384 cm³/mol. The summed E-state index contributed by atoms with van der Waals surface area (Å²) in [7, 11) is 4.88. The molecule has 7 aromatic heterocycles. The molecule has 0 spiro atoms. The van der Waals surface area contributed by atoms with Crippen LogP contribution < -0.4 is 68.2 Å². The lowest BCUT2D eigenvalue weighted by atomic mass is 10.1. The highest BCUT2D eigenvalue weighted by atomic mass is 35.5. The summed E-state index contributed by atoms with van der Waals surface area (Å²) in [4.78, 5) is 123. The Hall–Kier alpha value is -12.1. The number of benzene rings is 3. The van der Waals surface area contributed by atoms with E-state index >= 15 is 0 Å². The monoisotopic (exact) mass is 1430 g/mol. The number of H-pyrrole nitrogens is 1. The molecule has 13 rings (SSSR count). The molecule has 0 fully saturated rings. The summed E-state index contributed by atoms with van der Waals surface area (Å²) >= 11 is 11.2. The van der Waals surface area contributed by atoms with Crippen molar-refractivity contribution >= 4 is 76.2 Å². The fourth-order valence-electron chi connectivity index (χ4n) is 9.60. The number of nitrogens with zero attached hydrogens (tertiary/aromatic N) is 11. The van der Waals surface area contributed by atoms with Crippen LogP contribution in [0, 0.1) is 0 Å². The van der Waals surface area contributed by atoms with Crippen molar-refractivity contribution in [2.45, 2.75) is 53.1 Å². The summed E-state index contributed by atoms with van der Waals surface area (Å²) in [6.07, 6.45) is 8.98. The number of ether oxygens (including phenoxy) is 4. The third-order valence-corrected chi connectivity index (χ3v) is 15.3. The molecule has 32 heteroatoms. The number of aliphatic hydroxyl groups excluding tert-OH is 1. The zero-order valence-corrected chi connectivity index (χ0v) is 57.7. The van der Waals surface area contributed by atoms with Gasteiger partial charge in [0, 0.05) is 90.1 Å². The van der Waals surface area contributed by atoms with Gasteiger partial charge in [-0.2, -0.15) is 0 Å². The topological polar surface area (TPSA) is 382 Å². The Morgan fingerprint density at radius 1 is 0.529 bits per heavy atom. The molecule has 0 unspecified atom stereocenters. The number of carbonyl (C=O) groups is 4. The van der Waals surface area contributed by atoms with Crippen LogP contribution in [0.5, 0.6) is 23.1 Å². The number of fused-ring (bicyclic) bond motifs is 3. The zero-order chi connectivity index (χ0) is 73.3. The smallest absolute Gasteiger partial charge is 0.299 e. The number of aliphatic hydroxyl groups is 1. The van der Waals surface area contributed by atoms with Crippen molar-refractivity contribution in [3.63, 3.8) is 0 Å². The van der Waals surface area contributed by atoms with E-state index in [-0.39, 0.29) is 63.4 Å². The number of pyridine rings is 4. The summed E-state index contributed by atoms with van der Waals surface area (Å²) < 4.78 is 24.1. The van der Waals surface area contributed by atoms with Crippen LogP contribution >= 0.6 is 23.2 Å². The second-order valence-corrected chi connectivity index (χ2v) is 22.0. The summed E-state index contributed by atoms with van der Waals surface area (Å²) in [5.41, 5.74) is 9.06. The molecule has 10 aromatic rings. The minimum Gasteiger partial charge on any atom is -0.497 e. The first-order valence-corrected chi connectivity index (χ1v) is 32.3. The summed E-state index contributed by atoms with van der Waals surface area (Å²) in [6, 6.07) is 40.3. The Morgan fingerprint density at radius 2 is 0.980 bits per heavy atom. The fourth-order valence-corrected chi connectivity index (χ4v) is 9.88. The van der Waals surface area contributed by atoms with Gasteiger partial charge in [0.1, 0.15) is 92.2 Å². The fraction of sp³-hybridized carbons (Fsp3) is 0.229. The van der Waals surface area contributed by atoms with Crippen molar-refractivity contribution in [3.05, 3.63) is 262 Å². The van der Waals surface area contributed by atoms with E-state index in [4.69, 9.17) is 48.3 Å². The van der Waals surface area contributed by atoms with Crippen molar-refractivity contribution in [2.75, 3.05) is 70.5 Å². The Labute approximate surface area is 594 Å². The van der Waals surface area contributed by atoms with Gasteiger partial charge in [-0.1, -0.05) is 73.4 Å². The molecular weight excluding hydrogens is 1360 g/mol. The highest BCUT2D eigenvalue weighted by Crippen LogP contribution is 2.22. The summed E-state index contributed by atoms with van der Waals surface area (Å²) in [5.74, 6) is 3.52. The third kappa shape index (κ3) is 22.5. The van der Waals surface area contributed by atoms with Crippen molar-refractivity contribution < 1.29 is 43.2 Å². The van der Waals surface area contributed by atoms with Crippen LogP contribution in [-0.4, -0.2) is 142 Å². The average molecular weight is 1430 g/mol. The molecular formula is C70H75Cl2N17O13. The Morgan fingerprint density at radius 3 is 1.41 bits per heavy atom. The van der Waals surface area contributed by atoms with Crippen molar-refractivity contribution in [1.29, 1.82) is 0 Å². The van der Waals surface area contributed by atoms with E-state index in [1.807, 2.05) is 86.6 Å². The lowest BCUT2D eigenvalue weighted by Gasteiger charge is -2.30. The van der Waals surface area contributed by atoms with E-state index in [2.05, 4.69) is 60.9 Å². The number of nitrogen functional groups attached to an aromatic ring is 1. The Bertz CT molecular complexity index is 4600. The van der Waals surface area contributed by atoms with Gasteiger partial charge in [0.05, 0.1) is 27.9 Å². The third-order valence-electron chi connectivity index (χ3n) is 14.7. The first-order chi connectivity index (χ1) is 49.5. The first kappa shape index (κ1) is 77.2. The molecule has 532 valence electrons. The number of nitrogens with one attached hydrogen (secondary N) is 5. The molecule has 3 aliphatic rings. The van der Waals surface area contributed by atoms with Crippen molar-refractivity contribution in [1.82, 2.24) is 69.0 Å². The molecule has 0 saturated heterocycles. The van der Waals surface area contributed by atoms with E-state index in [1.165, 1.54) is 56.4 Å². The molecule has 0 radical (unpaired) electrons. The van der Waals surface area contributed by atoms with E-state index in [9.17, 15) is 38.4 Å². The molecule has 30 nitrogen and oxygen atoms in total. The summed E-state index contributed by atoms with van der Waals surface area (Å²) in [6.45, 7) is 9.57. The van der Waals surface area contributed by atoms with E-state index in [0.717, 1.165) is 34.9 Å². The standard InChI is InChI=1S/C20H19N5O3.C16H15ClN2O3.C12H11N5O2.C10H15NO2.C6H4ClNO3.C4H5N3.C2H6/c1-28-15-4-2-14(3-5-15)12-24-10-11-25-17(20(24)27)7-6-16(19(25)26)23-18-8-9-21-13-22-18;1-22-12-4-2-11(3-5-12)10-18-8-9-19-14(16(18)21)7-6-13(17)15(19)20;18-11-9-2-1-8(12(19)17(9)6-5-14-11)16-10-3-4-13-7-15-10;1-13-10-4-2-9(3-5-10)8-11-6-7-12;7-4-1-2-5(11-3-9)8-6(4)10;5-4-1-2-6-3-7-4;1-2/h2-9,13H,10-12H2,1H3,(H,21,22,23);2-7H,8-10H2,1H3;1-4,7H,5-6H2,(H,14,18)(H,13,15,16);2-5,11-12H,6-8H2,1H3;1-3H,(H,8,10);1-3H,(H2,5,6,7);1-2H3. The van der Waals surface area contributed by atoms with Gasteiger partial charge in [-0.3, -0.25) is 43.3 Å². The van der Waals surface area contributed by atoms with Gasteiger partial charge in [-0.25, -0.2) is 29.9 Å². The molecule has 3 amide bonds. The molecule has 0 bridgehead atoms. The van der Waals surface area contributed by atoms with Gasteiger partial charge < -0.3 is 74.6 Å². The maximum atomic E-state index is 12.9. The van der Waals surface area contributed by atoms with Gasteiger partial charge >= 0.3 is 0 Å². The molecule has 3 aliphatic heterocycles.